The molecule has 1 aromatic rings. The van der Waals surface area contributed by atoms with Gasteiger partial charge in [-0.2, -0.15) is 0 Å². The van der Waals surface area contributed by atoms with Crippen LogP contribution in [0.2, 0.25) is 0 Å². The quantitative estimate of drug-likeness (QED) is 0.517. The van der Waals surface area contributed by atoms with Gasteiger partial charge < -0.3 is 0 Å². The van der Waals surface area contributed by atoms with E-state index in [1.807, 2.05) is 18.2 Å². The molecule has 0 aliphatic heterocycles. The summed E-state index contributed by atoms with van der Waals surface area (Å²) < 4.78 is 0. The van der Waals surface area contributed by atoms with Gasteiger partial charge in [0, 0.05) is 11.2 Å². The van der Waals surface area contributed by atoms with Crippen LogP contribution in [0.4, 0.5) is 0 Å². The van der Waals surface area contributed by atoms with Crippen molar-refractivity contribution in [2.75, 3.05) is 0 Å². The Kier molecular flexibility index (Phi) is 6.77. The van der Waals surface area contributed by atoms with Crippen LogP contribution in [-0.4, -0.2) is 4.98 Å². The molecule has 1 aromatic heterocycles. The lowest BCUT2D eigenvalue weighted by Crippen LogP contribution is -1.98. The standard InChI is InChI=1S/C15H17Cl2N/c1-3-7-12-8-6-11-18-15(12)14(17)10-5-9-13(16)4-2/h4-6,8-11,14H,2-3,7H2,1H3/b10-5+,13-9+. The third-order valence-electron chi connectivity index (χ3n) is 2.44. The zero-order chi connectivity index (χ0) is 13.4. The number of rotatable bonds is 6. The first-order chi connectivity index (χ1) is 8.69. The Morgan fingerprint density at radius 2 is 2.33 bits per heavy atom. The van der Waals surface area contributed by atoms with Gasteiger partial charge >= 0.3 is 0 Å². The van der Waals surface area contributed by atoms with E-state index in [2.05, 4.69) is 24.6 Å². The Bertz CT molecular complexity index is 450. The highest BCUT2D eigenvalue weighted by Crippen LogP contribution is 2.24. The zero-order valence-electron chi connectivity index (χ0n) is 10.4. The van der Waals surface area contributed by atoms with Gasteiger partial charge in [-0.15, -0.1) is 11.6 Å². The number of hydrogen-bond acceptors (Lipinski definition) is 1. The molecule has 1 heterocycles. The lowest BCUT2D eigenvalue weighted by atomic mass is 10.1. The van der Waals surface area contributed by atoms with Gasteiger partial charge in [0.15, 0.2) is 0 Å². The monoisotopic (exact) mass is 281 g/mol. The van der Waals surface area contributed by atoms with Crippen LogP contribution < -0.4 is 0 Å². The van der Waals surface area contributed by atoms with Gasteiger partial charge in [0.05, 0.1) is 11.1 Å². The molecule has 18 heavy (non-hydrogen) atoms. The third-order valence-corrected chi connectivity index (χ3v) is 3.07. The Hall–Kier alpha value is -1.05. The number of aryl methyl sites for hydroxylation is 1. The van der Waals surface area contributed by atoms with E-state index in [9.17, 15) is 0 Å². The molecular weight excluding hydrogens is 265 g/mol. The molecule has 1 atom stereocenters. The molecule has 3 heteroatoms. The Labute approximate surface area is 119 Å². The van der Waals surface area contributed by atoms with Crippen molar-refractivity contribution >= 4 is 23.2 Å². The summed E-state index contributed by atoms with van der Waals surface area (Å²) in [6.07, 6.45) is 10.9. The predicted molar refractivity (Wildman–Crippen MR) is 80.1 cm³/mol. The van der Waals surface area contributed by atoms with Crippen molar-refractivity contribution in [3.8, 4) is 0 Å². The molecule has 0 amide bonds. The van der Waals surface area contributed by atoms with Gasteiger partial charge in [0.1, 0.15) is 0 Å². The molecule has 96 valence electrons. The largest absolute Gasteiger partial charge is 0.259 e. The maximum Gasteiger partial charge on any atom is 0.0943 e. The van der Waals surface area contributed by atoms with Crippen LogP contribution >= 0.6 is 23.2 Å². The molecule has 0 spiro atoms. The summed E-state index contributed by atoms with van der Waals surface area (Å²) in [4.78, 5) is 4.36. The fourth-order valence-corrected chi connectivity index (χ4v) is 1.94. The second kappa shape index (κ2) is 8.12. The summed E-state index contributed by atoms with van der Waals surface area (Å²) in [5.41, 5.74) is 2.11. The van der Waals surface area contributed by atoms with Crippen molar-refractivity contribution in [1.82, 2.24) is 4.98 Å². The van der Waals surface area contributed by atoms with Gasteiger partial charge in [0.25, 0.3) is 0 Å². The first-order valence-corrected chi connectivity index (χ1v) is 6.74. The molecule has 0 aromatic carbocycles. The smallest absolute Gasteiger partial charge is 0.0943 e. The van der Waals surface area contributed by atoms with Crippen molar-refractivity contribution < 1.29 is 0 Å². The molecular formula is C15H17Cl2N. The van der Waals surface area contributed by atoms with Crippen molar-refractivity contribution in [2.45, 2.75) is 25.1 Å². The molecule has 0 bridgehead atoms. The second-order valence-electron chi connectivity index (χ2n) is 3.84. The molecule has 0 N–H and O–H groups in total. The van der Waals surface area contributed by atoms with E-state index in [0.29, 0.717) is 5.03 Å². The lowest BCUT2D eigenvalue weighted by molar-refractivity contribution is 0.882. The predicted octanol–water partition coefficient (Wildman–Crippen LogP) is 5.18. The molecule has 0 aliphatic rings. The van der Waals surface area contributed by atoms with Crippen molar-refractivity contribution in [3.05, 3.63) is 65.5 Å². The SMILES string of the molecule is C=C/C(Cl)=C\C=C\C(Cl)c1ncccc1CCC. The first kappa shape index (κ1) is 15.0. The van der Waals surface area contributed by atoms with Crippen LogP contribution in [0, 0.1) is 0 Å². The number of pyridine rings is 1. The topological polar surface area (TPSA) is 12.9 Å². The fourth-order valence-electron chi connectivity index (χ4n) is 1.58. The Morgan fingerprint density at radius 1 is 1.56 bits per heavy atom. The van der Waals surface area contributed by atoms with Crippen LogP contribution in [-0.2, 0) is 6.42 Å². The van der Waals surface area contributed by atoms with E-state index in [4.69, 9.17) is 23.2 Å². The highest BCUT2D eigenvalue weighted by Gasteiger charge is 2.09. The van der Waals surface area contributed by atoms with E-state index in [0.717, 1.165) is 18.5 Å². The van der Waals surface area contributed by atoms with Gasteiger partial charge in [-0.25, -0.2) is 0 Å². The Morgan fingerprint density at radius 3 is 3.00 bits per heavy atom. The maximum atomic E-state index is 6.33. The van der Waals surface area contributed by atoms with Crippen LogP contribution in [0.3, 0.4) is 0 Å². The number of hydrogen-bond donors (Lipinski definition) is 0. The van der Waals surface area contributed by atoms with Crippen molar-refractivity contribution in [3.63, 3.8) is 0 Å². The molecule has 1 nitrogen and oxygen atoms in total. The lowest BCUT2D eigenvalue weighted by Gasteiger charge is -2.09. The highest BCUT2D eigenvalue weighted by molar-refractivity contribution is 6.31. The number of nitrogens with zero attached hydrogens (tertiary/aromatic N) is 1. The first-order valence-electron chi connectivity index (χ1n) is 5.93. The second-order valence-corrected chi connectivity index (χ2v) is 4.75. The summed E-state index contributed by atoms with van der Waals surface area (Å²) in [6, 6.07) is 4.01. The number of aromatic nitrogens is 1. The van der Waals surface area contributed by atoms with Crippen LogP contribution in [0.15, 0.2) is 54.2 Å². The van der Waals surface area contributed by atoms with Crippen molar-refractivity contribution in [1.29, 1.82) is 0 Å². The molecule has 1 unspecified atom stereocenters. The number of halogens is 2. The average Bonchev–Trinajstić information content (AvgIpc) is 2.39. The van der Waals surface area contributed by atoms with E-state index >= 15 is 0 Å². The molecule has 0 fully saturated rings. The minimum absolute atomic E-state index is 0.238. The minimum Gasteiger partial charge on any atom is -0.259 e. The van der Waals surface area contributed by atoms with Gasteiger partial charge in [0.2, 0.25) is 0 Å². The van der Waals surface area contributed by atoms with Crippen LogP contribution in [0.5, 0.6) is 0 Å². The molecule has 1 rings (SSSR count). The molecule has 0 radical (unpaired) electrons. The summed E-state index contributed by atoms with van der Waals surface area (Å²) in [7, 11) is 0. The van der Waals surface area contributed by atoms with E-state index in [1.165, 1.54) is 5.56 Å². The molecule has 0 aliphatic carbocycles. The highest BCUT2D eigenvalue weighted by atomic mass is 35.5. The van der Waals surface area contributed by atoms with Crippen LogP contribution in [0.25, 0.3) is 0 Å². The van der Waals surface area contributed by atoms with Crippen molar-refractivity contribution in [2.24, 2.45) is 0 Å². The maximum absolute atomic E-state index is 6.33. The number of allylic oxidation sites excluding steroid dienone is 5. The fraction of sp³-hybridized carbons (Fsp3) is 0.267. The normalized spacial score (nSPS) is 13.8. The third kappa shape index (κ3) is 4.67. The van der Waals surface area contributed by atoms with Gasteiger partial charge in [-0.1, -0.05) is 55.8 Å². The van der Waals surface area contributed by atoms with Crippen LogP contribution in [0.1, 0.15) is 30.0 Å². The Balaban J connectivity index is 2.83. The minimum atomic E-state index is -0.238. The van der Waals surface area contributed by atoms with Gasteiger partial charge in [-0.3, -0.25) is 4.98 Å². The average molecular weight is 282 g/mol. The number of alkyl halides is 1. The van der Waals surface area contributed by atoms with E-state index in [1.54, 1.807) is 18.3 Å². The molecule has 0 saturated heterocycles. The summed E-state index contributed by atoms with van der Waals surface area (Å²) in [6.45, 7) is 5.72. The summed E-state index contributed by atoms with van der Waals surface area (Å²) in [5, 5.41) is 0.350. The zero-order valence-corrected chi connectivity index (χ0v) is 12.0. The van der Waals surface area contributed by atoms with Gasteiger partial charge in [-0.05, 0) is 24.1 Å². The van der Waals surface area contributed by atoms with E-state index in [-0.39, 0.29) is 5.38 Å². The summed E-state index contributed by atoms with van der Waals surface area (Å²) in [5.74, 6) is 0. The van der Waals surface area contributed by atoms with E-state index < -0.39 is 0 Å². The molecule has 0 saturated carbocycles. The summed E-state index contributed by atoms with van der Waals surface area (Å²) >= 11 is 12.1.